The van der Waals surface area contributed by atoms with Gasteiger partial charge in [0, 0.05) is 18.7 Å². The number of methoxy groups -OCH3 is 1. The number of para-hydroxylation sites is 1. The first kappa shape index (κ1) is 16.6. The fraction of sp³-hybridized carbons (Fsp3) is 0.333. The van der Waals surface area contributed by atoms with Crippen LogP contribution in [0.25, 0.3) is 6.08 Å². The van der Waals surface area contributed by atoms with E-state index in [1.54, 1.807) is 7.11 Å². The van der Waals surface area contributed by atoms with Crippen LogP contribution in [0.15, 0.2) is 48.5 Å². The van der Waals surface area contributed by atoms with Crippen LogP contribution in [-0.4, -0.2) is 32.2 Å². The predicted octanol–water partition coefficient (Wildman–Crippen LogP) is 4.17. The van der Waals surface area contributed by atoms with Gasteiger partial charge in [-0.15, -0.1) is 0 Å². The van der Waals surface area contributed by atoms with Gasteiger partial charge in [0.1, 0.15) is 11.5 Å². The summed E-state index contributed by atoms with van der Waals surface area (Å²) in [6.07, 6.45) is 6.55. The Balaban J connectivity index is 1.57. The van der Waals surface area contributed by atoms with Gasteiger partial charge in [0.25, 0.3) is 0 Å². The molecule has 0 radical (unpaired) electrons. The lowest BCUT2D eigenvalue weighted by Crippen LogP contribution is -2.18. The van der Waals surface area contributed by atoms with Gasteiger partial charge in [-0.25, -0.2) is 0 Å². The van der Waals surface area contributed by atoms with Crippen molar-refractivity contribution in [2.24, 2.45) is 0 Å². The van der Waals surface area contributed by atoms with Crippen molar-refractivity contribution in [3.05, 3.63) is 65.2 Å². The predicted molar refractivity (Wildman–Crippen MR) is 98.6 cm³/mol. The van der Waals surface area contributed by atoms with E-state index in [1.165, 1.54) is 11.1 Å². The molecule has 0 fully saturated rings. The van der Waals surface area contributed by atoms with Crippen LogP contribution in [0.4, 0.5) is 0 Å². The van der Waals surface area contributed by atoms with E-state index in [0.717, 1.165) is 49.6 Å². The number of aryl methyl sites for hydroxylation is 1. The molecule has 0 unspecified atom stereocenters. The van der Waals surface area contributed by atoms with E-state index >= 15 is 0 Å². The molecule has 1 heterocycles. The highest BCUT2D eigenvalue weighted by Gasteiger charge is 2.11. The van der Waals surface area contributed by atoms with Crippen molar-refractivity contribution in [3.63, 3.8) is 0 Å². The van der Waals surface area contributed by atoms with Crippen molar-refractivity contribution >= 4 is 6.08 Å². The molecule has 0 atom stereocenters. The minimum Gasteiger partial charge on any atom is -0.496 e. The maximum absolute atomic E-state index is 5.76. The van der Waals surface area contributed by atoms with Gasteiger partial charge in [0.2, 0.25) is 0 Å². The first-order valence-corrected chi connectivity index (χ1v) is 8.49. The van der Waals surface area contributed by atoms with Gasteiger partial charge in [0.15, 0.2) is 0 Å². The molecule has 1 aliphatic heterocycles. The molecule has 0 spiro atoms. The normalized spacial score (nSPS) is 13.8. The number of ether oxygens (including phenoxy) is 2. The number of likely N-dealkylation sites (N-methyl/N-ethyl adjacent to an activating group) is 1. The van der Waals surface area contributed by atoms with Gasteiger partial charge in [-0.05, 0) is 43.1 Å². The van der Waals surface area contributed by atoms with Crippen molar-refractivity contribution in [1.29, 1.82) is 0 Å². The molecule has 0 aliphatic carbocycles. The Bertz CT molecular complexity index is 709. The van der Waals surface area contributed by atoms with Crippen LogP contribution in [-0.2, 0) is 13.0 Å². The Morgan fingerprint density at radius 1 is 1.21 bits per heavy atom. The van der Waals surface area contributed by atoms with E-state index in [4.69, 9.17) is 9.47 Å². The minimum atomic E-state index is 0.841. The quantitative estimate of drug-likeness (QED) is 0.796. The Kier molecular flexibility index (Phi) is 5.55. The SMILES string of the molecule is COc1ccccc1C=CCN(C)Cc1ccc2c(c1)OCCC2. The Morgan fingerprint density at radius 2 is 2.08 bits per heavy atom. The minimum absolute atomic E-state index is 0.841. The lowest BCUT2D eigenvalue weighted by atomic mass is 10.0. The first-order valence-electron chi connectivity index (χ1n) is 8.49. The number of hydrogen-bond acceptors (Lipinski definition) is 3. The summed E-state index contributed by atoms with van der Waals surface area (Å²) in [6.45, 7) is 2.64. The second-order valence-corrected chi connectivity index (χ2v) is 6.24. The summed E-state index contributed by atoms with van der Waals surface area (Å²) in [6, 6.07) is 14.7. The van der Waals surface area contributed by atoms with Crippen LogP contribution >= 0.6 is 0 Å². The lowest BCUT2D eigenvalue weighted by Gasteiger charge is -2.20. The highest BCUT2D eigenvalue weighted by Crippen LogP contribution is 2.26. The standard InChI is InChI=1S/C21H25NO2/c1-22(13-5-8-18-7-3-4-10-20(18)23-2)16-17-11-12-19-9-6-14-24-21(19)15-17/h3-5,7-8,10-12,15H,6,9,13-14,16H2,1-2H3. The molecule has 3 heteroatoms. The van der Waals surface area contributed by atoms with Gasteiger partial charge < -0.3 is 9.47 Å². The average molecular weight is 323 g/mol. The largest absolute Gasteiger partial charge is 0.496 e. The molecule has 3 rings (SSSR count). The van der Waals surface area contributed by atoms with E-state index in [9.17, 15) is 0 Å². The summed E-state index contributed by atoms with van der Waals surface area (Å²) >= 11 is 0. The van der Waals surface area contributed by atoms with Crippen molar-refractivity contribution in [2.45, 2.75) is 19.4 Å². The van der Waals surface area contributed by atoms with E-state index in [-0.39, 0.29) is 0 Å². The maximum Gasteiger partial charge on any atom is 0.126 e. The van der Waals surface area contributed by atoms with Crippen LogP contribution in [0.3, 0.4) is 0 Å². The molecule has 3 nitrogen and oxygen atoms in total. The zero-order chi connectivity index (χ0) is 16.8. The molecule has 2 aromatic rings. The van der Waals surface area contributed by atoms with Crippen molar-refractivity contribution in [2.75, 3.05) is 27.3 Å². The van der Waals surface area contributed by atoms with Crippen LogP contribution in [0.5, 0.6) is 11.5 Å². The molecule has 0 bridgehead atoms. The van der Waals surface area contributed by atoms with Gasteiger partial charge in [-0.1, -0.05) is 42.5 Å². The zero-order valence-electron chi connectivity index (χ0n) is 14.5. The van der Waals surface area contributed by atoms with Crippen LogP contribution in [0.1, 0.15) is 23.1 Å². The van der Waals surface area contributed by atoms with E-state index < -0.39 is 0 Å². The number of fused-ring (bicyclic) bond motifs is 1. The summed E-state index contributed by atoms with van der Waals surface area (Å²) in [5.41, 5.74) is 3.74. The highest BCUT2D eigenvalue weighted by molar-refractivity contribution is 5.57. The molecule has 2 aromatic carbocycles. The maximum atomic E-state index is 5.76. The Hall–Kier alpha value is -2.26. The molecular weight excluding hydrogens is 298 g/mol. The topological polar surface area (TPSA) is 21.7 Å². The molecule has 24 heavy (non-hydrogen) atoms. The summed E-state index contributed by atoms with van der Waals surface area (Å²) in [4.78, 5) is 2.29. The fourth-order valence-corrected chi connectivity index (χ4v) is 3.02. The third kappa shape index (κ3) is 4.18. The van der Waals surface area contributed by atoms with Crippen LogP contribution in [0, 0.1) is 0 Å². The highest BCUT2D eigenvalue weighted by atomic mass is 16.5. The number of rotatable bonds is 6. The molecule has 0 saturated heterocycles. The van der Waals surface area contributed by atoms with Gasteiger partial charge >= 0.3 is 0 Å². The van der Waals surface area contributed by atoms with E-state index in [2.05, 4.69) is 48.4 Å². The Morgan fingerprint density at radius 3 is 2.96 bits per heavy atom. The monoisotopic (exact) mass is 323 g/mol. The van der Waals surface area contributed by atoms with Crippen molar-refractivity contribution in [1.82, 2.24) is 4.90 Å². The number of benzene rings is 2. The molecular formula is C21H25NO2. The van der Waals surface area contributed by atoms with Gasteiger partial charge in [0.05, 0.1) is 13.7 Å². The van der Waals surface area contributed by atoms with Gasteiger partial charge in [-0.3, -0.25) is 4.90 Å². The molecule has 126 valence electrons. The smallest absolute Gasteiger partial charge is 0.126 e. The summed E-state index contributed by atoms with van der Waals surface area (Å²) in [5, 5.41) is 0. The van der Waals surface area contributed by atoms with Crippen LogP contribution in [0.2, 0.25) is 0 Å². The number of hydrogen-bond donors (Lipinski definition) is 0. The first-order chi connectivity index (χ1) is 11.8. The van der Waals surface area contributed by atoms with Crippen LogP contribution < -0.4 is 9.47 Å². The number of nitrogens with zero attached hydrogens (tertiary/aromatic N) is 1. The Labute approximate surface area is 144 Å². The average Bonchev–Trinajstić information content (AvgIpc) is 2.62. The molecule has 0 amide bonds. The van der Waals surface area contributed by atoms with Crippen molar-refractivity contribution in [3.8, 4) is 11.5 Å². The summed E-state index contributed by atoms with van der Waals surface area (Å²) < 4.78 is 11.1. The molecule has 1 aliphatic rings. The second-order valence-electron chi connectivity index (χ2n) is 6.24. The summed E-state index contributed by atoms with van der Waals surface area (Å²) in [5.74, 6) is 1.97. The van der Waals surface area contributed by atoms with E-state index in [0.29, 0.717) is 0 Å². The second kappa shape index (κ2) is 8.02. The molecule has 0 saturated carbocycles. The van der Waals surface area contributed by atoms with Crippen molar-refractivity contribution < 1.29 is 9.47 Å². The zero-order valence-corrected chi connectivity index (χ0v) is 14.5. The molecule has 0 aromatic heterocycles. The van der Waals surface area contributed by atoms with E-state index in [1.807, 2.05) is 18.2 Å². The third-order valence-electron chi connectivity index (χ3n) is 4.29. The third-order valence-corrected chi connectivity index (χ3v) is 4.29. The lowest BCUT2D eigenvalue weighted by molar-refractivity contribution is 0.287. The molecule has 0 N–H and O–H groups in total. The summed E-state index contributed by atoms with van der Waals surface area (Å²) in [7, 11) is 3.84. The fourth-order valence-electron chi connectivity index (χ4n) is 3.02. The van der Waals surface area contributed by atoms with Gasteiger partial charge in [-0.2, -0.15) is 0 Å².